The van der Waals surface area contributed by atoms with Crippen molar-refractivity contribution in [2.45, 2.75) is 12.8 Å². The first kappa shape index (κ1) is 23.9. The van der Waals surface area contributed by atoms with Gasteiger partial charge in [-0.25, -0.2) is 4.39 Å². The van der Waals surface area contributed by atoms with Crippen LogP contribution in [0.3, 0.4) is 0 Å². The van der Waals surface area contributed by atoms with Crippen molar-refractivity contribution in [2.75, 3.05) is 29.9 Å². The van der Waals surface area contributed by atoms with E-state index in [-0.39, 0.29) is 30.5 Å². The maximum absolute atomic E-state index is 13.6. The van der Waals surface area contributed by atoms with Crippen molar-refractivity contribution >= 4 is 29.1 Å². The number of carbonyl (C=O) groups is 3. The van der Waals surface area contributed by atoms with E-state index in [9.17, 15) is 18.8 Å². The molecule has 3 aromatic carbocycles. The van der Waals surface area contributed by atoms with E-state index in [2.05, 4.69) is 10.6 Å². The molecule has 4 rings (SSSR count). The summed E-state index contributed by atoms with van der Waals surface area (Å²) in [5.41, 5.74) is 1.88. The van der Waals surface area contributed by atoms with E-state index in [0.29, 0.717) is 24.5 Å². The summed E-state index contributed by atoms with van der Waals surface area (Å²) in [6.45, 7) is 0.535. The van der Waals surface area contributed by atoms with Crippen molar-refractivity contribution in [2.24, 2.45) is 5.92 Å². The first-order valence-corrected chi connectivity index (χ1v) is 11.4. The summed E-state index contributed by atoms with van der Waals surface area (Å²) in [5, 5.41) is 5.38. The van der Waals surface area contributed by atoms with E-state index in [1.165, 1.54) is 18.2 Å². The summed E-state index contributed by atoms with van der Waals surface area (Å²) in [4.78, 5) is 38.7. The molecule has 1 atom stereocenters. The van der Waals surface area contributed by atoms with Gasteiger partial charge in [-0.05, 0) is 48.4 Å². The van der Waals surface area contributed by atoms with Crippen LogP contribution in [0.25, 0.3) is 0 Å². The highest BCUT2D eigenvalue weighted by atomic mass is 19.1. The second kappa shape index (κ2) is 11.3. The summed E-state index contributed by atoms with van der Waals surface area (Å²) in [6.07, 6.45) is 0.891. The molecule has 35 heavy (non-hydrogen) atoms. The van der Waals surface area contributed by atoms with Gasteiger partial charge >= 0.3 is 0 Å². The van der Waals surface area contributed by atoms with Crippen LogP contribution in [0.5, 0.6) is 5.75 Å². The lowest BCUT2D eigenvalue weighted by Gasteiger charge is -2.17. The molecule has 0 aliphatic carbocycles. The van der Waals surface area contributed by atoms with Crippen molar-refractivity contribution in [3.8, 4) is 5.75 Å². The Labute approximate surface area is 202 Å². The average Bonchev–Trinajstić information content (AvgIpc) is 3.27. The van der Waals surface area contributed by atoms with Gasteiger partial charge in [0, 0.05) is 25.2 Å². The van der Waals surface area contributed by atoms with Crippen LogP contribution in [0, 0.1) is 11.7 Å². The Balaban J connectivity index is 1.24. The predicted octanol–water partition coefficient (Wildman–Crippen LogP) is 3.56. The highest BCUT2D eigenvalue weighted by Crippen LogP contribution is 2.27. The molecule has 7 nitrogen and oxygen atoms in total. The smallest absolute Gasteiger partial charge is 0.262 e. The van der Waals surface area contributed by atoms with Crippen LogP contribution >= 0.6 is 0 Å². The van der Waals surface area contributed by atoms with Gasteiger partial charge < -0.3 is 20.3 Å². The number of carbonyl (C=O) groups excluding carboxylic acids is 3. The van der Waals surface area contributed by atoms with Gasteiger partial charge in [-0.3, -0.25) is 14.4 Å². The van der Waals surface area contributed by atoms with E-state index < -0.39 is 17.6 Å². The average molecular weight is 476 g/mol. The number of anilines is 2. The van der Waals surface area contributed by atoms with Crippen molar-refractivity contribution in [1.29, 1.82) is 0 Å². The number of amides is 3. The van der Waals surface area contributed by atoms with Gasteiger partial charge in [-0.15, -0.1) is 0 Å². The van der Waals surface area contributed by atoms with Crippen molar-refractivity contribution in [3.05, 3.63) is 90.2 Å². The second-order valence-electron chi connectivity index (χ2n) is 8.24. The number of hydrogen-bond donors (Lipinski definition) is 2. The minimum atomic E-state index is -0.524. The molecule has 1 heterocycles. The third-order valence-corrected chi connectivity index (χ3v) is 5.72. The van der Waals surface area contributed by atoms with Crippen molar-refractivity contribution < 1.29 is 23.5 Å². The first-order valence-electron chi connectivity index (χ1n) is 11.4. The SMILES string of the molecule is O=C(COc1ccc(N2C[C@@H](C(=O)NCCc3ccccc3)CC2=O)cc1)Nc1ccccc1F. The van der Waals surface area contributed by atoms with Crippen LogP contribution in [0.1, 0.15) is 12.0 Å². The molecule has 1 saturated heterocycles. The van der Waals surface area contributed by atoms with Crippen LogP contribution in [-0.2, 0) is 20.8 Å². The van der Waals surface area contributed by atoms with Crippen molar-refractivity contribution in [1.82, 2.24) is 5.32 Å². The largest absolute Gasteiger partial charge is 0.484 e. The maximum atomic E-state index is 13.6. The Hall–Kier alpha value is -4.20. The number of nitrogens with one attached hydrogen (secondary N) is 2. The minimum Gasteiger partial charge on any atom is -0.484 e. The molecule has 1 aliphatic rings. The minimum absolute atomic E-state index is 0.0858. The Morgan fingerprint density at radius 3 is 2.43 bits per heavy atom. The zero-order valence-electron chi connectivity index (χ0n) is 19.1. The predicted molar refractivity (Wildman–Crippen MR) is 131 cm³/mol. The lowest BCUT2D eigenvalue weighted by Crippen LogP contribution is -2.34. The molecule has 0 unspecified atom stereocenters. The molecule has 3 aromatic rings. The third kappa shape index (κ3) is 6.44. The molecule has 0 spiro atoms. The van der Waals surface area contributed by atoms with E-state index in [1.54, 1.807) is 35.2 Å². The first-order chi connectivity index (χ1) is 17.0. The number of nitrogens with zero attached hydrogens (tertiary/aromatic N) is 1. The van der Waals surface area contributed by atoms with E-state index >= 15 is 0 Å². The fourth-order valence-electron chi connectivity index (χ4n) is 3.87. The Bertz CT molecular complexity index is 1180. The highest BCUT2D eigenvalue weighted by molar-refractivity contribution is 6.00. The monoisotopic (exact) mass is 475 g/mol. The van der Waals surface area contributed by atoms with Crippen LogP contribution in [-0.4, -0.2) is 37.4 Å². The lowest BCUT2D eigenvalue weighted by atomic mass is 10.1. The molecular formula is C27H26FN3O4. The fraction of sp³-hybridized carbons (Fsp3) is 0.222. The quantitative estimate of drug-likeness (QED) is 0.496. The summed E-state index contributed by atoms with van der Waals surface area (Å²) >= 11 is 0. The highest BCUT2D eigenvalue weighted by Gasteiger charge is 2.34. The molecule has 180 valence electrons. The van der Waals surface area contributed by atoms with Crippen LogP contribution in [0.4, 0.5) is 15.8 Å². The normalized spacial score (nSPS) is 15.1. The summed E-state index contributed by atoms with van der Waals surface area (Å²) < 4.78 is 19.1. The molecule has 0 saturated carbocycles. The molecule has 3 amide bonds. The van der Waals surface area contributed by atoms with Gasteiger partial charge in [0.05, 0.1) is 11.6 Å². The molecule has 8 heteroatoms. The summed E-state index contributed by atoms with van der Waals surface area (Å²) in [7, 11) is 0. The summed E-state index contributed by atoms with van der Waals surface area (Å²) in [5.74, 6) is -1.24. The van der Waals surface area contributed by atoms with E-state index in [0.717, 1.165) is 12.0 Å². The molecule has 0 bridgehead atoms. The molecule has 0 aromatic heterocycles. The van der Waals surface area contributed by atoms with E-state index in [4.69, 9.17) is 4.74 Å². The van der Waals surface area contributed by atoms with Crippen LogP contribution in [0.15, 0.2) is 78.9 Å². The summed E-state index contributed by atoms with van der Waals surface area (Å²) in [6, 6.07) is 22.5. The molecular weight excluding hydrogens is 449 g/mol. The number of para-hydroxylation sites is 1. The molecule has 1 fully saturated rings. The number of hydrogen-bond acceptors (Lipinski definition) is 4. The van der Waals surface area contributed by atoms with Gasteiger partial charge in [-0.1, -0.05) is 42.5 Å². The zero-order valence-corrected chi connectivity index (χ0v) is 19.1. The number of rotatable bonds is 9. The van der Waals surface area contributed by atoms with Gasteiger partial charge in [0.2, 0.25) is 11.8 Å². The van der Waals surface area contributed by atoms with Gasteiger partial charge in [-0.2, -0.15) is 0 Å². The molecule has 2 N–H and O–H groups in total. The standard InChI is InChI=1S/C27H26FN3O4/c28-23-8-4-5-9-24(23)30-25(32)18-35-22-12-10-21(11-13-22)31-17-20(16-26(31)33)27(34)29-15-14-19-6-2-1-3-7-19/h1-13,20H,14-18H2,(H,29,34)(H,30,32)/t20-/m0/s1. The van der Waals surface area contributed by atoms with Crippen LogP contribution < -0.4 is 20.3 Å². The Morgan fingerprint density at radius 2 is 1.69 bits per heavy atom. The van der Waals surface area contributed by atoms with Gasteiger partial charge in [0.25, 0.3) is 5.91 Å². The fourth-order valence-corrected chi connectivity index (χ4v) is 3.87. The third-order valence-electron chi connectivity index (χ3n) is 5.72. The molecule has 0 radical (unpaired) electrons. The Morgan fingerprint density at radius 1 is 0.971 bits per heavy atom. The maximum Gasteiger partial charge on any atom is 0.262 e. The number of ether oxygens (including phenoxy) is 1. The Kier molecular flexibility index (Phi) is 7.72. The topological polar surface area (TPSA) is 87.7 Å². The molecule has 1 aliphatic heterocycles. The zero-order chi connectivity index (χ0) is 24.6. The van der Waals surface area contributed by atoms with Crippen LogP contribution in [0.2, 0.25) is 0 Å². The number of benzene rings is 3. The lowest BCUT2D eigenvalue weighted by molar-refractivity contribution is -0.126. The van der Waals surface area contributed by atoms with E-state index in [1.807, 2.05) is 30.3 Å². The number of halogens is 1. The van der Waals surface area contributed by atoms with Gasteiger partial charge in [0.1, 0.15) is 11.6 Å². The van der Waals surface area contributed by atoms with Crippen molar-refractivity contribution in [3.63, 3.8) is 0 Å². The van der Waals surface area contributed by atoms with Gasteiger partial charge in [0.15, 0.2) is 6.61 Å². The second-order valence-corrected chi connectivity index (χ2v) is 8.24.